The Hall–Kier alpha value is -3.15. The van der Waals surface area contributed by atoms with Gasteiger partial charge in [0.15, 0.2) is 0 Å². The molecule has 2 aromatic rings. The van der Waals surface area contributed by atoms with Crippen LogP contribution < -0.4 is 5.32 Å². The predicted octanol–water partition coefficient (Wildman–Crippen LogP) is 3.05. The second-order valence-corrected chi connectivity index (χ2v) is 8.34. The lowest BCUT2D eigenvalue weighted by Crippen LogP contribution is -2.46. The standard InChI is InChI=1S/C24H26FN3O2/c1-24(2)22-20(23(30)27(24)3)21(17-9-11-18(25)12-10-17)28(14-13-26-22)19(29)15-16-7-5-4-6-8-16/h4-12,21,26H,13-15H2,1-3H3. The van der Waals surface area contributed by atoms with Crippen LogP contribution in [-0.2, 0) is 16.0 Å². The minimum atomic E-state index is -0.566. The van der Waals surface area contributed by atoms with Gasteiger partial charge in [-0.15, -0.1) is 0 Å². The third kappa shape index (κ3) is 3.36. The normalized spacial score (nSPS) is 20.7. The molecule has 156 valence electrons. The van der Waals surface area contributed by atoms with E-state index in [1.807, 2.05) is 44.2 Å². The van der Waals surface area contributed by atoms with Gasteiger partial charge >= 0.3 is 0 Å². The number of hydrogen-bond acceptors (Lipinski definition) is 3. The van der Waals surface area contributed by atoms with Crippen LogP contribution in [0.1, 0.15) is 31.0 Å². The Morgan fingerprint density at radius 2 is 1.80 bits per heavy atom. The van der Waals surface area contributed by atoms with E-state index < -0.39 is 11.6 Å². The maximum absolute atomic E-state index is 13.6. The molecular weight excluding hydrogens is 381 g/mol. The molecule has 1 unspecified atom stereocenters. The van der Waals surface area contributed by atoms with Crippen molar-refractivity contribution in [3.8, 4) is 0 Å². The minimum absolute atomic E-state index is 0.0637. The second-order valence-electron chi connectivity index (χ2n) is 8.34. The topological polar surface area (TPSA) is 52.7 Å². The van der Waals surface area contributed by atoms with Crippen LogP contribution in [0.15, 0.2) is 65.9 Å². The molecular formula is C24H26FN3O2. The molecule has 0 saturated carbocycles. The van der Waals surface area contributed by atoms with Gasteiger partial charge in [-0.25, -0.2) is 4.39 Å². The molecule has 2 amide bonds. The third-order valence-corrected chi connectivity index (χ3v) is 6.20. The van der Waals surface area contributed by atoms with E-state index in [0.717, 1.165) is 16.8 Å². The first-order valence-corrected chi connectivity index (χ1v) is 10.2. The number of carbonyl (C=O) groups excluding carboxylic acids is 2. The lowest BCUT2D eigenvalue weighted by Gasteiger charge is -2.33. The van der Waals surface area contributed by atoms with E-state index in [1.165, 1.54) is 12.1 Å². The van der Waals surface area contributed by atoms with E-state index in [9.17, 15) is 14.0 Å². The molecule has 4 rings (SSSR count). The molecule has 5 nitrogen and oxygen atoms in total. The van der Waals surface area contributed by atoms with Gasteiger partial charge in [0.1, 0.15) is 5.82 Å². The zero-order valence-corrected chi connectivity index (χ0v) is 17.5. The molecule has 2 aromatic carbocycles. The fourth-order valence-corrected chi connectivity index (χ4v) is 4.32. The number of halogens is 1. The number of carbonyl (C=O) groups is 2. The molecule has 0 saturated heterocycles. The second kappa shape index (κ2) is 7.59. The van der Waals surface area contributed by atoms with Crippen LogP contribution in [0.4, 0.5) is 4.39 Å². The highest BCUT2D eigenvalue weighted by Gasteiger charge is 2.49. The van der Waals surface area contributed by atoms with Gasteiger partial charge in [0, 0.05) is 25.8 Å². The summed E-state index contributed by atoms with van der Waals surface area (Å²) in [7, 11) is 1.77. The van der Waals surface area contributed by atoms with E-state index in [1.54, 1.807) is 29.0 Å². The van der Waals surface area contributed by atoms with Gasteiger partial charge in [-0.05, 0) is 37.1 Å². The third-order valence-electron chi connectivity index (χ3n) is 6.20. The highest BCUT2D eigenvalue weighted by atomic mass is 19.1. The van der Waals surface area contributed by atoms with Gasteiger partial charge in [0.2, 0.25) is 5.91 Å². The van der Waals surface area contributed by atoms with Gasteiger partial charge in [-0.2, -0.15) is 0 Å². The van der Waals surface area contributed by atoms with Crippen molar-refractivity contribution in [1.82, 2.24) is 15.1 Å². The van der Waals surface area contributed by atoms with Crippen LogP contribution in [0, 0.1) is 5.82 Å². The van der Waals surface area contributed by atoms with E-state index in [0.29, 0.717) is 18.7 Å². The molecule has 1 atom stereocenters. The van der Waals surface area contributed by atoms with Crippen molar-refractivity contribution in [2.24, 2.45) is 0 Å². The highest BCUT2D eigenvalue weighted by molar-refractivity contribution is 6.00. The van der Waals surface area contributed by atoms with E-state index >= 15 is 0 Å². The van der Waals surface area contributed by atoms with Crippen molar-refractivity contribution in [2.75, 3.05) is 20.1 Å². The molecule has 0 radical (unpaired) electrons. The Labute approximate surface area is 176 Å². The Bertz CT molecular complexity index is 999. The SMILES string of the molecule is CN1C(=O)C2=C(NCCN(C(=O)Cc3ccccc3)C2c2ccc(F)cc2)C1(C)C. The number of rotatable bonds is 3. The van der Waals surface area contributed by atoms with Crippen molar-refractivity contribution in [1.29, 1.82) is 0 Å². The zero-order chi connectivity index (χ0) is 21.5. The number of benzene rings is 2. The van der Waals surface area contributed by atoms with Crippen LogP contribution in [0.3, 0.4) is 0 Å². The zero-order valence-electron chi connectivity index (χ0n) is 17.5. The molecule has 0 fully saturated rings. The Kier molecular flexibility index (Phi) is 5.10. The molecule has 2 heterocycles. The quantitative estimate of drug-likeness (QED) is 0.851. The van der Waals surface area contributed by atoms with Crippen molar-refractivity contribution >= 4 is 11.8 Å². The largest absolute Gasteiger partial charge is 0.384 e. The minimum Gasteiger partial charge on any atom is -0.384 e. The molecule has 0 aliphatic carbocycles. The molecule has 0 spiro atoms. The maximum Gasteiger partial charge on any atom is 0.254 e. The molecule has 2 aliphatic heterocycles. The number of amides is 2. The average molecular weight is 407 g/mol. The van der Waals surface area contributed by atoms with Crippen molar-refractivity contribution in [2.45, 2.75) is 31.8 Å². The summed E-state index contributed by atoms with van der Waals surface area (Å²) >= 11 is 0. The fourth-order valence-electron chi connectivity index (χ4n) is 4.32. The summed E-state index contributed by atoms with van der Waals surface area (Å²) < 4.78 is 13.6. The predicted molar refractivity (Wildman–Crippen MR) is 113 cm³/mol. The summed E-state index contributed by atoms with van der Waals surface area (Å²) in [5, 5.41) is 3.40. The number of nitrogens with zero attached hydrogens (tertiary/aromatic N) is 2. The molecule has 30 heavy (non-hydrogen) atoms. The number of nitrogens with one attached hydrogen (secondary N) is 1. The summed E-state index contributed by atoms with van der Waals surface area (Å²) in [6, 6.07) is 15.1. The Balaban J connectivity index is 1.80. The first kappa shape index (κ1) is 20.1. The molecule has 0 aromatic heterocycles. The first-order valence-electron chi connectivity index (χ1n) is 10.2. The Morgan fingerprint density at radius 3 is 2.47 bits per heavy atom. The lowest BCUT2D eigenvalue weighted by molar-refractivity contribution is -0.133. The van der Waals surface area contributed by atoms with Crippen molar-refractivity contribution in [3.05, 3.63) is 82.8 Å². The van der Waals surface area contributed by atoms with Crippen LogP contribution in [0.2, 0.25) is 0 Å². The van der Waals surface area contributed by atoms with E-state index in [-0.39, 0.29) is 24.1 Å². The number of hydrogen-bond donors (Lipinski definition) is 1. The average Bonchev–Trinajstić information content (AvgIpc) is 2.88. The summed E-state index contributed by atoms with van der Waals surface area (Å²) in [4.78, 5) is 30.1. The van der Waals surface area contributed by atoms with E-state index in [4.69, 9.17) is 0 Å². The van der Waals surface area contributed by atoms with Gasteiger partial charge < -0.3 is 15.1 Å². The first-order chi connectivity index (χ1) is 14.3. The monoisotopic (exact) mass is 407 g/mol. The van der Waals surface area contributed by atoms with Crippen molar-refractivity contribution in [3.63, 3.8) is 0 Å². The molecule has 1 N–H and O–H groups in total. The van der Waals surface area contributed by atoms with Crippen LogP contribution in [0.25, 0.3) is 0 Å². The van der Waals surface area contributed by atoms with Crippen LogP contribution in [0.5, 0.6) is 0 Å². The summed E-state index contributed by atoms with van der Waals surface area (Å²) in [5.41, 5.74) is 2.53. The van der Waals surface area contributed by atoms with Crippen molar-refractivity contribution < 1.29 is 14.0 Å². The summed E-state index contributed by atoms with van der Waals surface area (Å²) in [6.45, 7) is 4.97. The van der Waals surface area contributed by atoms with Crippen LogP contribution in [-0.4, -0.2) is 47.3 Å². The molecule has 6 heteroatoms. The smallest absolute Gasteiger partial charge is 0.254 e. The highest BCUT2D eigenvalue weighted by Crippen LogP contribution is 2.42. The summed E-state index contributed by atoms with van der Waals surface area (Å²) in [5.74, 6) is -0.528. The van der Waals surface area contributed by atoms with Gasteiger partial charge in [-0.3, -0.25) is 9.59 Å². The number of likely N-dealkylation sites (N-methyl/N-ethyl adjacent to an activating group) is 1. The van der Waals surface area contributed by atoms with Crippen LogP contribution >= 0.6 is 0 Å². The molecule has 0 bridgehead atoms. The summed E-state index contributed by atoms with van der Waals surface area (Å²) in [6.07, 6.45) is 0.245. The van der Waals surface area contributed by atoms with E-state index in [2.05, 4.69) is 5.32 Å². The van der Waals surface area contributed by atoms with Gasteiger partial charge in [-0.1, -0.05) is 42.5 Å². The lowest BCUT2D eigenvalue weighted by atomic mass is 9.92. The van der Waals surface area contributed by atoms with Gasteiger partial charge in [0.05, 0.1) is 23.6 Å². The Morgan fingerprint density at radius 1 is 1.13 bits per heavy atom. The maximum atomic E-state index is 13.6. The van der Waals surface area contributed by atoms with Gasteiger partial charge in [0.25, 0.3) is 5.91 Å². The fraction of sp³-hybridized carbons (Fsp3) is 0.333. The molecule has 2 aliphatic rings.